The number of pyridine rings is 1. The summed E-state index contributed by atoms with van der Waals surface area (Å²) in [5.74, 6) is -0.514. The molecule has 29 heavy (non-hydrogen) atoms. The van der Waals surface area contributed by atoms with E-state index < -0.39 is 5.82 Å². The van der Waals surface area contributed by atoms with Crippen molar-refractivity contribution in [1.29, 1.82) is 0 Å². The molecule has 150 valence electrons. The summed E-state index contributed by atoms with van der Waals surface area (Å²) in [6.07, 6.45) is 8.58. The van der Waals surface area contributed by atoms with Crippen LogP contribution in [0, 0.1) is 5.82 Å². The molecule has 0 bridgehead atoms. The molecule has 0 unspecified atom stereocenters. The third-order valence-corrected chi connectivity index (χ3v) is 5.41. The lowest BCUT2D eigenvalue weighted by molar-refractivity contribution is 0.0569. The zero-order valence-electron chi connectivity index (χ0n) is 16.4. The Labute approximate surface area is 169 Å². The number of piperidine rings is 1. The summed E-state index contributed by atoms with van der Waals surface area (Å²) in [7, 11) is 2.10. The first kappa shape index (κ1) is 19.3. The van der Waals surface area contributed by atoms with Crippen LogP contribution < -0.4 is 0 Å². The standard InChI is InChI=1S/C22H24FN5O/c1-26-12-7-19(8-13-26)27(16-17-4-2-9-24-15-17)22(29)18-5-6-20(23)21(14-18)28-11-3-10-25-28/h2-6,9-11,14-15,19H,7-8,12-13,16H2,1H3. The summed E-state index contributed by atoms with van der Waals surface area (Å²) < 4.78 is 15.8. The molecule has 7 heteroatoms. The van der Waals surface area contributed by atoms with E-state index in [0.29, 0.717) is 12.1 Å². The van der Waals surface area contributed by atoms with Crippen molar-refractivity contribution in [2.45, 2.75) is 25.4 Å². The van der Waals surface area contributed by atoms with Gasteiger partial charge in [-0.25, -0.2) is 9.07 Å². The molecule has 0 radical (unpaired) electrons. The molecule has 0 saturated carbocycles. The van der Waals surface area contributed by atoms with Crippen molar-refractivity contribution in [2.24, 2.45) is 0 Å². The predicted octanol–water partition coefficient (Wildman–Crippen LogP) is 3.14. The summed E-state index contributed by atoms with van der Waals surface area (Å²) in [6.45, 7) is 2.38. The van der Waals surface area contributed by atoms with E-state index in [1.54, 1.807) is 43.0 Å². The number of halogens is 1. The number of nitrogens with zero attached hydrogens (tertiary/aromatic N) is 5. The van der Waals surface area contributed by atoms with Gasteiger partial charge in [0.05, 0.1) is 0 Å². The summed E-state index contributed by atoms with van der Waals surface area (Å²) in [4.78, 5) is 21.9. The minimum atomic E-state index is -0.414. The predicted molar refractivity (Wildman–Crippen MR) is 108 cm³/mol. The first-order valence-corrected chi connectivity index (χ1v) is 9.80. The summed E-state index contributed by atoms with van der Waals surface area (Å²) in [6, 6.07) is 10.2. The minimum Gasteiger partial charge on any atom is -0.331 e. The fourth-order valence-electron chi connectivity index (χ4n) is 3.76. The van der Waals surface area contributed by atoms with Gasteiger partial charge >= 0.3 is 0 Å². The number of carbonyl (C=O) groups is 1. The molecule has 2 aromatic heterocycles. The molecule has 1 fully saturated rings. The van der Waals surface area contributed by atoms with E-state index in [1.165, 1.54) is 10.7 Å². The Kier molecular flexibility index (Phi) is 5.67. The zero-order chi connectivity index (χ0) is 20.2. The van der Waals surface area contributed by atoms with Gasteiger partial charge in [0.1, 0.15) is 11.5 Å². The molecular weight excluding hydrogens is 369 g/mol. The maximum Gasteiger partial charge on any atom is 0.254 e. The number of amides is 1. The number of rotatable bonds is 5. The van der Waals surface area contributed by atoms with Gasteiger partial charge in [0.25, 0.3) is 5.91 Å². The number of hydrogen-bond acceptors (Lipinski definition) is 4. The Hall–Kier alpha value is -3.06. The van der Waals surface area contributed by atoms with Crippen molar-refractivity contribution in [2.75, 3.05) is 20.1 Å². The number of carbonyl (C=O) groups excluding carboxylic acids is 1. The molecule has 3 aromatic rings. The van der Waals surface area contributed by atoms with E-state index in [9.17, 15) is 9.18 Å². The van der Waals surface area contributed by atoms with Crippen molar-refractivity contribution in [3.8, 4) is 5.69 Å². The van der Waals surface area contributed by atoms with Crippen LogP contribution in [0.15, 0.2) is 61.2 Å². The van der Waals surface area contributed by atoms with Gasteiger partial charge in [0, 0.05) is 42.9 Å². The second-order valence-corrected chi connectivity index (χ2v) is 7.45. The highest BCUT2D eigenvalue weighted by molar-refractivity contribution is 5.95. The maximum atomic E-state index is 14.3. The van der Waals surface area contributed by atoms with Gasteiger partial charge in [0.2, 0.25) is 0 Å². The van der Waals surface area contributed by atoms with Crippen LogP contribution in [0.25, 0.3) is 5.69 Å². The van der Waals surface area contributed by atoms with Crippen LogP contribution in [0.2, 0.25) is 0 Å². The van der Waals surface area contributed by atoms with Crippen LogP contribution >= 0.6 is 0 Å². The fourth-order valence-corrected chi connectivity index (χ4v) is 3.76. The van der Waals surface area contributed by atoms with E-state index >= 15 is 0 Å². The van der Waals surface area contributed by atoms with Gasteiger partial charge in [-0.3, -0.25) is 9.78 Å². The Morgan fingerprint density at radius 2 is 2.03 bits per heavy atom. The number of likely N-dealkylation sites (tertiary alicyclic amines) is 1. The molecule has 0 spiro atoms. The second-order valence-electron chi connectivity index (χ2n) is 7.45. The lowest BCUT2D eigenvalue weighted by Crippen LogP contribution is -2.46. The third-order valence-electron chi connectivity index (χ3n) is 5.41. The van der Waals surface area contributed by atoms with Crippen molar-refractivity contribution in [1.82, 2.24) is 24.6 Å². The Morgan fingerprint density at radius 1 is 1.21 bits per heavy atom. The van der Waals surface area contributed by atoms with Gasteiger partial charge in [-0.1, -0.05) is 6.07 Å². The van der Waals surface area contributed by atoms with Crippen LogP contribution in [0.1, 0.15) is 28.8 Å². The number of hydrogen-bond donors (Lipinski definition) is 0. The van der Waals surface area contributed by atoms with Crippen molar-refractivity contribution < 1.29 is 9.18 Å². The third kappa shape index (κ3) is 4.35. The molecule has 0 atom stereocenters. The highest BCUT2D eigenvalue weighted by Gasteiger charge is 2.28. The van der Waals surface area contributed by atoms with Crippen LogP contribution in [0.3, 0.4) is 0 Å². The highest BCUT2D eigenvalue weighted by Crippen LogP contribution is 2.23. The topological polar surface area (TPSA) is 54.3 Å². The quantitative estimate of drug-likeness (QED) is 0.668. The largest absolute Gasteiger partial charge is 0.331 e. The lowest BCUT2D eigenvalue weighted by Gasteiger charge is -2.37. The van der Waals surface area contributed by atoms with Crippen LogP contribution in [0.4, 0.5) is 4.39 Å². The number of benzene rings is 1. The van der Waals surface area contributed by atoms with E-state index in [4.69, 9.17) is 0 Å². The molecule has 1 amide bonds. The van der Waals surface area contributed by atoms with Crippen LogP contribution in [-0.4, -0.2) is 56.7 Å². The Balaban J connectivity index is 1.65. The molecule has 6 nitrogen and oxygen atoms in total. The average molecular weight is 393 g/mol. The summed E-state index contributed by atoms with van der Waals surface area (Å²) in [5, 5.41) is 4.10. The van der Waals surface area contributed by atoms with E-state index in [-0.39, 0.29) is 17.6 Å². The second kappa shape index (κ2) is 8.53. The molecular formula is C22H24FN5O. The molecule has 3 heterocycles. The molecule has 0 N–H and O–H groups in total. The van der Waals surface area contributed by atoms with Crippen molar-refractivity contribution in [3.63, 3.8) is 0 Å². The van der Waals surface area contributed by atoms with Gasteiger partial charge in [0.15, 0.2) is 0 Å². The average Bonchev–Trinajstić information content (AvgIpc) is 3.28. The van der Waals surface area contributed by atoms with Crippen molar-refractivity contribution in [3.05, 3.63) is 78.1 Å². The van der Waals surface area contributed by atoms with Crippen LogP contribution in [-0.2, 0) is 6.54 Å². The molecule has 1 aromatic carbocycles. The smallest absolute Gasteiger partial charge is 0.254 e. The van der Waals surface area contributed by atoms with Gasteiger partial charge < -0.3 is 9.80 Å². The molecule has 1 aliphatic heterocycles. The molecule has 4 rings (SSSR count). The number of aromatic nitrogens is 3. The molecule has 1 aliphatic rings. The molecule has 0 aliphatic carbocycles. The first-order chi connectivity index (χ1) is 14.1. The fraction of sp³-hybridized carbons (Fsp3) is 0.318. The normalized spacial score (nSPS) is 15.4. The Morgan fingerprint density at radius 3 is 2.72 bits per heavy atom. The van der Waals surface area contributed by atoms with Crippen LogP contribution in [0.5, 0.6) is 0 Å². The van der Waals surface area contributed by atoms with E-state index in [1.807, 2.05) is 17.0 Å². The summed E-state index contributed by atoms with van der Waals surface area (Å²) in [5.41, 5.74) is 1.71. The van der Waals surface area contributed by atoms with Gasteiger partial charge in [-0.2, -0.15) is 5.10 Å². The van der Waals surface area contributed by atoms with Gasteiger partial charge in [-0.05, 0) is 68.9 Å². The zero-order valence-corrected chi connectivity index (χ0v) is 16.4. The Bertz CT molecular complexity index is 953. The van der Waals surface area contributed by atoms with E-state index in [0.717, 1.165) is 31.5 Å². The SMILES string of the molecule is CN1CCC(N(Cc2cccnc2)C(=O)c2ccc(F)c(-n3cccn3)c2)CC1. The van der Waals surface area contributed by atoms with Gasteiger partial charge in [-0.15, -0.1) is 0 Å². The monoisotopic (exact) mass is 393 g/mol. The van der Waals surface area contributed by atoms with Crippen molar-refractivity contribution >= 4 is 5.91 Å². The minimum absolute atomic E-state index is 0.100. The lowest BCUT2D eigenvalue weighted by atomic mass is 10.0. The maximum absolute atomic E-state index is 14.3. The summed E-state index contributed by atoms with van der Waals surface area (Å²) >= 11 is 0. The van der Waals surface area contributed by atoms with E-state index in [2.05, 4.69) is 22.0 Å². The molecule has 1 saturated heterocycles. The highest BCUT2D eigenvalue weighted by atomic mass is 19.1. The first-order valence-electron chi connectivity index (χ1n) is 9.80.